The Labute approximate surface area is 103 Å². The summed E-state index contributed by atoms with van der Waals surface area (Å²) in [6.45, 7) is 5.32. The van der Waals surface area contributed by atoms with Gasteiger partial charge in [-0.25, -0.2) is 0 Å². The summed E-state index contributed by atoms with van der Waals surface area (Å²) in [6, 6.07) is 0.250. The number of carbonyl (C=O) groups excluding carboxylic acids is 2. The second-order valence-corrected chi connectivity index (χ2v) is 4.80. The molecule has 1 N–H and O–H groups in total. The fourth-order valence-electron chi connectivity index (χ4n) is 2.01. The molecule has 0 aromatic rings. The van der Waals surface area contributed by atoms with Gasteiger partial charge in [0.1, 0.15) is 0 Å². The Kier molecular flexibility index (Phi) is 4.93. The Hall–Kier alpha value is -1.10. The number of rotatable bonds is 5. The van der Waals surface area contributed by atoms with E-state index in [-0.39, 0.29) is 30.9 Å². The van der Waals surface area contributed by atoms with E-state index in [4.69, 9.17) is 0 Å². The van der Waals surface area contributed by atoms with Gasteiger partial charge in [0.15, 0.2) is 0 Å². The summed E-state index contributed by atoms with van der Waals surface area (Å²) < 4.78 is 0. The molecular weight excluding hydrogens is 218 g/mol. The maximum Gasteiger partial charge on any atom is 0.242 e. The third-order valence-electron chi connectivity index (χ3n) is 3.60. The average molecular weight is 241 g/mol. The van der Waals surface area contributed by atoms with Gasteiger partial charge in [0.05, 0.1) is 13.1 Å². The van der Waals surface area contributed by atoms with Crippen LogP contribution in [0.25, 0.3) is 0 Å². The van der Waals surface area contributed by atoms with Gasteiger partial charge in [-0.15, -0.1) is 0 Å². The summed E-state index contributed by atoms with van der Waals surface area (Å²) in [5, 5.41) is 3.23. The molecule has 2 unspecified atom stereocenters. The van der Waals surface area contributed by atoms with Gasteiger partial charge in [-0.2, -0.15) is 0 Å². The van der Waals surface area contributed by atoms with Gasteiger partial charge >= 0.3 is 0 Å². The minimum Gasteiger partial charge on any atom is -0.335 e. The van der Waals surface area contributed by atoms with E-state index < -0.39 is 0 Å². The third kappa shape index (κ3) is 3.43. The van der Waals surface area contributed by atoms with Crippen molar-refractivity contribution >= 4 is 11.8 Å². The van der Waals surface area contributed by atoms with Crippen molar-refractivity contribution in [3.05, 3.63) is 0 Å². The normalized spacial score (nSPS) is 20.7. The SMILES string of the molecule is CCC(C)C(CN1CC(=O)N(C)CC1=O)NC. The number of hydrogen-bond donors (Lipinski definition) is 1. The van der Waals surface area contributed by atoms with E-state index in [1.165, 1.54) is 4.90 Å². The molecule has 1 fully saturated rings. The minimum absolute atomic E-state index is 0.0172. The number of hydrogen-bond acceptors (Lipinski definition) is 3. The number of piperazine rings is 1. The Balaban J connectivity index is 2.60. The van der Waals surface area contributed by atoms with Crippen LogP contribution in [-0.4, -0.2) is 61.4 Å². The standard InChI is InChI=1S/C12H23N3O2/c1-5-9(2)10(13-3)6-15-8-11(16)14(4)7-12(15)17/h9-10,13H,5-8H2,1-4H3. The Bertz CT molecular complexity index is 293. The smallest absolute Gasteiger partial charge is 0.242 e. The van der Waals surface area contributed by atoms with Crippen LogP contribution in [0.5, 0.6) is 0 Å². The molecule has 2 atom stereocenters. The van der Waals surface area contributed by atoms with Crippen LogP contribution in [0, 0.1) is 5.92 Å². The number of nitrogens with zero attached hydrogens (tertiary/aromatic N) is 2. The van der Waals surface area contributed by atoms with E-state index >= 15 is 0 Å². The van der Waals surface area contributed by atoms with Crippen molar-refractivity contribution in [1.29, 1.82) is 0 Å². The molecule has 1 aliphatic rings. The van der Waals surface area contributed by atoms with E-state index in [1.54, 1.807) is 11.9 Å². The van der Waals surface area contributed by atoms with Crippen LogP contribution in [0.3, 0.4) is 0 Å². The average Bonchev–Trinajstić information content (AvgIpc) is 2.31. The minimum atomic E-state index is 0.0172. The molecule has 1 rings (SSSR count). The fraction of sp³-hybridized carbons (Fsp3) is 0.833. The van der Waals surface area contributed by atoms with E-state index in [2.05, 4.69) is 19.2 Å². The van der Waals surface area contributed by atoms with Gasteiger partial charge in [-0.3, -0.25) is 9.59 Å². The van der Waals surface area contributed by atoms with Gasteiger partial charge in [0, 0.05) is 19.6 Å². The highest BCUT2D eigenvalue weighted by Gasteiger charge is 2.29. The lowest BCUT2D eigenvalue weighted by atomic mass is 9.98. The maximum absolute atomic E-state index is 11.8. The number of likely N-dealkylation sites (N-methyl/N-ethyl adjacent to an activating group) is 2. The molecule has 0 bridgehead atoms. The van der Waals surface area contributed by atoms with Crippen molar-refractivity contribution in [3.63, 3.8) is 0 Å². The Morgan fingerprint density at radius 2 is 1.94 bits per heavy atom. The molecule has 0 aromatic heterocycles. The molecule has 0 spiro atoms. The molecule has 2 amide bonds. The lowest BCUT2D eigenvalue weighted by molar-refractivity contribution is -0.149. The second kappa shape index (κ2) is 6.00. The largest absolute Gasteiger partial charge is 0.335 e. The van der Waals surface area contributed by atoms with Crippen molar-refractivity contribution in [2.24, 2.45) is 5.92 Å². The Morgan fingerprint density at radius 1 is 1.29 bits per heavy atom. The first-order valence-corrected chi connectivity index (χ1v) is 6.18. The summed E-state index contributed by atoms with van der Waals surface area (Å²) in [4.78, 5) is 26.5. The van der Waals surface area contributed by atoms with E-state index in [9.17, 15) is 9.59 Å². The van der Waals surface area contributed by atoms with Crippen molar-refractivity contribution in [2.75, 3.05) is 33.7 Å². The fourth-order valence-corrected chi connectivity index (χ4v) is 2.01. The monoisotopic (exact) mass is 241 g/mol. The summed E-state index contributed by atoms with van der Waals surface area (Å²) in [5.74, 6) is 0.543. The summed E-state index contributed by atoms with van der Waals surface area (Å²) in [7, 11) is 3.57. The molecule has 5 heteroatoms. The molecule has 1 saturated heterocycles. The zero-order chi connectivity index (χ0) is 13.0. The van der Waals surface area contributed by atoms with Crippen LogP contribution >= 0.6 is 0 Å². The number of carbonyl (C=O) groups is 2. The highest BCUT2D eigenvalue weighted by Crippen LogP contribution is 2.11. The summed E-state index contributed by atoms with van der Waals surface area (Å²) in [5.41, 5.74) is 0. The van der Waals surface area contributed by atoms with Crippen LogP contribution < -0.4 is 5.32 Å². The highest BCUT2D eigenvalue weighted by molar-refractivity contribution is 5.92. The molecule has 5 nitrogen and oxygen atoms in total. The molecule has 0 aliphatic carbocycles. The van der Waals surface area contributed by atoms with Crippen molar-refractivity contribution in [3.8, 4) is 0 Å². The number of amides is 2. The first-order valence-electron chi connectivity index (χ1n) is 6.18. The van der Waals surface area contributed by atoms with Crippen LogP contribution in [0.4, 0.5) is 0 Å². The summed E-state index contributed by atoms with van der Waals surface area (Å²) >= 11 is 0. The Morgan fingerprint density at radius 3 is 2.47 bits per heavy atom. The zero-order valence-electron chi connectivity index (χ0n) is 11.2. The molecule has 0 aromatic carbocycles. The van der Waals surface area contributed by atoms with Crippen LogP contribution in [0.15, 0.2) is 0 Å². The second-order valence-electron chi connectivity index (χ2n) is 4.80. The maximum atomic E-state index is 11.8. The topological polar surface area (TPSA) is 52.7 Å². The van der Waals surface area contributed by atoms with Crippen molar-refractivity contribution in [2.45, 2.75) is 26.3 Å². The van der Waals surface area contributed by atoms with Crippen LogP contribution in [0.2, 0.25) is 0 Å². The lowest BCUT2D eigenvalue weighted by Crippen LogP contribution is -2.56. The van der Waals surface area contributed by atoms with Gasteiger partial charge in [-0.05, 0) is 13.0 Å². The first kappa shape index (κ1) is 14.0. The molecule has 1 aliphatic heterocycles. The predicted molar refractivity (Wildman–Crippen MR) is 66.5 cm³/mol. The van der Waals surface area contributed by atoms with Gasteiger partial charge in [0.25, 0.3) is 0 Å². The molecular formula is C12H23N3O2. The third-order valence-corrected chi connectivity index (χ3v) is 3.60. The molecule has 0 saturated carbocycles. The zero-order valence-corrected chi connectivity index (χ0v) is 11.2. The summed E-state index contributed by atoms with van der Waals surface area (Å²) in [6.07, 6.45) is 1.06. The van der Waals surface area contributed by atoms with Gasteiger partial charge in [-0.1, -0.05) is 20.3 Å². The lowest BCUT2D eigenvalue weighted by Gasteiger charge is -2.35. The molecule has 1 heterocycles. The highest BCUT2D eigenvalue weighted by atomic mass is 16.2. The molecule has 17 heavy (non-hydrogen) atoms. The van der Waals surface area contributed by atoms with Gasteiger partial charge in [0.2, 0.25) is 11.8 Å². The van der Waals surface area contributed by atoms with Crippen molar-refractivity contribution < 1.29 is 9.59 Å². The molecule has 0 radical (unpaired) electrons. The van der Waals surface area contributed by atoms with Crippen LogP contribution in [0.1, 0.15) is 20.3 Å². The van der Waals surface area contributed by atoms with Crippen molar-refractivity contribution in [1.82, 2.24) is 15.1 Å². The van der Waals surface area contributed by atoms with Crippen LogP contribution in [-0.2, 0) is 9.59 Å². The van der Waals surface area contributed by atoms with E-state index in [0.29, 0.717) is 12.5 Å². The van der Waals surface area contributed by atoms with E-state index in [1.807, 2.05) is 7.05 Å². The molecule has 98 valence electrons. The van der Waals surface area contributed by atoms with E-state index in [0.717, 1.165) is 6.42 Å². The van der Waals surface area contributed by atoms with Gasteiger partial charge < -0.3 is 15.1 Å². The predicted octanol–water partition coefficient (Wildman–Crippen LogP) is -0.0789. The quantitative estimate of drug-likeness (QED) is 0.732. The number of nitrogens with one attached hydrogen (secondary N) is 1. The first-order chi connectivity index (χ1) is 7.99.